The Kier molecular flexibility index (Phi) is 6.79. The number of halogens is 3. The molecule has 0 saturated heterocycles. The number of aryl methyl sites for hydroxylation is 1. The average molecular weight is 312 g/mol. The molecule has 0 fully saturated rings. The van der Waals surface area contributed by atoms with E-state index in [1.54, 1.807) is 17.0 Å². The Labute approximate surface area is 118 Å². The van der Waals surface area contributed by atoms with Gasteiger partial charge in [0.1, 0.15) is 12.9 Å². The normalized spacial score (nSPS) is 11.6. The molecule has 10 heteroatoms. The summed E-state index contributed by atoms with van der Waals surface area (Å²) in [7, 11) is 1.59. The van der Waals surface area contributed by atoms with E-state index in [4.69, 9.17) is 4.74 Å². The number of amides is 1. The molecular weight excluding hydrogens is 297 g/mol. The molecule has 1 aromatic rings. The minimum atomic E-state index is -4.40. The standard InChI is InChI=1S/C10H15F3N4O2S/c1-19-4-2-3-17-7-15-16-9(17)20-5-8(18)14-6-10(11,12)13/h7H,2-6H2,1H3,(H,14,18). The van der Waals surface area contributed by atoms with Crippen LogP contribution >= 0.6 is 11.8 Å². The molecular formula is C10H15F3N4O2S. The zero-order valence-corrected chi connectivity index (χ0v) is 11.6. The van der Waals surface area contributed by atoms with Crippen molar-refractivity contribution in [3.63, 3.8) is 0 Å². The molecule has 1 rings (SSSR count). The summed E-state index contributed by atoms with van der Waals surface area (Å²) in [4.78, 5) is 11.2. The topological polar surface area (TPSA) is 69.0 Å². The van der Waals surface area contributed by atoms with Gasteiger partial charge in [0.05, 0.1) is 5.75 Å². The minimum Gasteiger partial charge on any atom is -0.385 e. The Morgan fingerprint density at radius 1 is 1.55 bits per heavy atom. The summed E-state index contributed by atoms with van der Waals surface area (Å²) in [6, 6.07) is 0. The third-order valence-electron chi connectivity index (χ3n) is 2.15. The van der Waals surface area contributed by atoms with Crippen molar-refractivity contribution in [1.29, 1.82) is 0 Å². The van der Waals surface area contributed by atoms with E-state index in [-0.39, 0.29) is 5.75 Å². The third-order valence-corrected chi connectivity index (χ3v) is 3.13. The predicted octanol–water partition coefficient (Wildman–Crippen LogP) is 1.09. The molecule has 0 aromatic carbocycles. The van der Waals surface area contributed by atoms with Crippen LogP contribution in [0.15, 0.2) is 11.5 Å². The first-order chi connectivity index (χ1) is 9.42. The fourth-order valence-electron chi connectivity index (χ4n) is 1.27. The maximum Gasteiger partial charge on any atom is 0.405 e. The van der Waals surface area contributed by atoms with E-state index in [9.17, 15) is 18.0 Å². The Hall–Kier alpha value is -1.29. The number of nitrogens with one attached hydrogen (secondary N) is 1. The Morgan fingerprint density at radius 2 is 2.30 bits per heavy atom. The summed E-state index contributed by atoms with van der Waals surface area (Å²) in [6.45, 7) is -0.130. The van der Waals surface area contributed by atoms with E-state index in [0.717, 1.165) is 18.2 Å². The summed E-state index contributed by atoms with van der Waals surface area (Å²) in [5.41, 5.74) is 0. The molecule has 1 heterocycles. The maximum absolute atomic E-state index is 11.9. The lowest BCUT2D eigenvalue weighted by Gasteiger charge is -2.08. The van der Waals surface area contributed by atoms with Crippen molar-refractivity contribution < 1.29 is 22.7 Å². The average Bonchev–Trinajstić information content (AvgIpc) is 2.81. The van der Waals surface area contributed by atoms with Crippen LogP contribution < -0.4 is 5.32 Å². The zero-order valence-electron chi connectivity index (χ0n) is 10.8. The molecule has 0 saturated carbocycles. The highest BCUT2D eigenvalue weighted by atomic mass is 32.2. The Bertz CT molecular complexity index is 425. The van der Waals surface area contributed by atoms with Crippen LogP contribution in [-0.2, 0) is 16.1 Å². The second-order valence-corrected chi connectivity index (χ2v) is 4.78. The van der Waals surface area contributed by atoms with Crippen molar-refractivity contribution >= 4 is 17.7 Å². The van der Waals surface area contributed by atoms with Crippen LogP contribution in [0.2, 0.25) is 0 Å². The van der Waals surface area contributed by atoms with Gasteiger partial charge in [0.25, 0.3) is 0 Å². The molecule has 0 atom stereocenters. The van der Waals surface area contributed by atoms with E-state index < -0.39 is 18.6 Å². The number of aromatic nitrogens is 3. The van der Waals surface area contributed by atoms with Crippen molar-refractivity contribution in [2.75, 3.05) is 26.0 Å². The van der Waals surface area contributed by atoms with Gasteiger partial charge in [-0.1, -0.05) is 11.8 Å². The van der Waals surface area contributed by atoms with Crippen LogP contribution in [0, 0.1) is 0 Å². The molecule has 0 aliphatic rings. The van der Waals surface area contributed by atoms with Crippen LogP contribution in [0.4, 0.5) is 13.2 Å². The second kappa shape index (κ2) is 8.10. The van der Waals surface area contributed by atoms with Crippen molar-refractivity contribution in [2.24, 2.45) is 0 Å². The fraction of sp³-hybridized carbons (Fsp3) is 0.700. The lowest BCUT2D eigenvalue weighted by Crippen LogP contribution is -2.34. The second-order valence-electron chi connectivity index (χ2n) is 3.83. The summed E-state index contributed by atoms with van der Waals surface area (Å²) in [5.74, 6) is -0.835. The number of ether oxygens (including phenoxy) is 1. The van der Waals surface area contributed by atoms with Crippen molar-refractivity contribution in [3.05, 3.63) is 6.33 Å². The number of carbonyl (C=O) groups is 1. The number of rotatable bonds is 8. The van der Waals surface area contributed by atoms with E-state index in [0.29, 0.717) is 18.3 Å². The molecule has 0 aliphatic carbocycles. The van der Waals surface area contributed by atoms with Crippen LogP contribution in [0.25, 0.3) is 0 Å². The Balaban J connectivity index is 2.34. The van der Waals surface area contributed by atoms with Gasteiger partial charge in [-0.25, -0.2) is 0 Å². The number of thioether (sulfide) groups is 1. The van der Waals surface area contributed by atoms with Crippen LogP contribution in [0.5, 0.6) is 0 Å². The van der Waals surface area contributed by atoms with Crippen LogP contribution in [0.3, 0.4) is 0 Å². The van der Waals surface area contributed by atoms with Gasteiger partial charge < -0.3 is 14.6 Å². The quantitative estimate of drug-likeness (QED) is 0.575. The van der Waals surface area contributed by atoms with Crippen LogP contribution in [-0.4, -0.2) is 52.9 Å². The lowest BCUT2D eigenvalue weighted by molar-refractivity contribution is -0.136. The maximum atomic E-state index is 11.9. The van der Waals surface area contributed by atoms with Crippen molar-refractivity contribution in [1.82, 2.24) is 20.1 Å². The highest BCUT2D eigenvalue weighted by molar-refractivity contribution is 7.99. The number of methoxy groups -OCH3 is 1. The van der Waals surface area contributed by atoms with Gasteiger partial charge in [-0.3, -0.25) is 4.79 Å². The SMILES string of the molecule is COCCCn1cnnc1SCC(=O)NCC(F)(F)F. The first-order valence-electron chi connectivity index (χ1n) is 5.75. The van der Waals surface area contributed by atoms with Gasteiger partial charge >= 0.3 is 6.18 Å². The van der Waals surface area contributed by atoms with E-state index in [2.05, 4.69) is 10.2 Å². The Morgan fingerprint density at radius 3 is 2.95 bits per heavy atom. The van der Waals surface area contributed by atoms with Crippen LogP contribution in [0.1, 0.15) is 6.42 Å². The van der Waals surface area contributed by atoms with Gasteiger partial charge in [-0.15, -0.1) is 10.2 Å². The summed E-state index contributed by atoms with van der Waals surface area (Å²) in [6.07, 6.45) is -2.14. The monoisotopic (exact) mass is 312 g/mol. The molecule has 6 nitrogen and oxygen atoms in total. The summed E-state index contributed by atoms with van der Waals surface area (Å²) < 4.78 is 42.4. The molecule has 0 aliphatic heterocycles. The first-order valence-corrected chi connectivity index (χ1v) is 6.74. The van der Waals surface area contributed by atoms with E-state index >= 15 is 0 Å². The lowest BCUT2D eigenvalue weighted by atomic mass is 10.4. The smallest absolute Gasteiger partial charge is 0.385 e. The van der Waals surface area contributed by atoms with E-state index in [1.807, 2.05) is 0 Å². The highest BCUT2D eigenvalue weighted by Crippen LogP contribution is 2.15. The fourth-order valence-corrected chi connectivity index (χ4v) is 2.04. The summed E-state index contributed by atoms with van der Waals surface area (Å²) in [5, 5.41) is 9.80. The molecule has 20 heavy (non-hydrogen) atoms. The number of hydrogen-bond donors (Lipinski definition) is 1. The molecule has 0 bridgehead atoms. The molecule has 114 valence electrons. The molecule has 1 amide bonds. The number of nitrogens with zero attached hydrogens (tertiary/aromatic N) is 3. The number of carbonyl (C=O) groups excluding carboxylic acids is 1. The number of alkyl halides is 3. The van der Waals surface area contributed by atoms with E-state index in [1.165, 1.54) is 6.33 Å². The molecule has 1 aromatic heterocycles. The van der Waals surface area contributed by atoms with Gasteiger partial charge in [-0.05, 0) is 6.42 Å². The molecule has 0 radical (unpaired) electrons. The third kappa shape index (κ3) is 6.75. The first kappa shape index (κ1) is 16.8. The van der Waals surface area contributed by atoms with Crippen molar-refractivity contribution in [2.45, 2.75) is 24.3 Å². The van der Waals surface area contributed by atoms with Gasteiger partial charge in [0.2, 0.25) is 5.91 Å². The highest BCUT2D eigenvalue weighted by Gasteiger charge is 2.27. The number of hydrogen-bond acceptors (Lipinski definition) is 5. The largest absolute Gasteiger partial charge is 0.405 e. The van der Waals surface area contributed by atoms with Gasteiger partial charge in [0.15, 0.2) is 5.16 Å². The molecule has 1 N–H and O–H groups in total. The van der Waals surface area contributed by atoms with Crippen molar-refractivity contribution in [3.8, 4) is 0 Å². The molecule has 0 unspecified atom stereocenters. The molecule has 0 spiro atoms. The van der Waals surface area contributed by atoms with Gasteiger partial charge in [-0.2, -0.15) is 13.2 Å². The predicted molar refractivity (Wildman–Crippen MR) is 66.3 cm³/mol. The van der Waals surface area contributed by atoms with Gasteiger partial charge in [0, 0.05) is 20.3 Å². The minimum absolute atomic E-state index is 0.140. The zero-order chi connectivity index (χ0) is 15.0. The summed E-state index contributed by atoms with van der Waals surface area (Å²) >= 11 is 1.04.